The second-order valence-electron chi connectivity index (χ2n) is 4.95. The van der Waals surface area contributed by atoms with E-state index < -0.39 is 0 Å². The fraction of sp³-hybridized carbons (Fsp3) is 0.357. The average Bonchev–Trinajstić information content (AvgIpc) is 2.37. The van der Waals surface area contributed by atoms with Gasteiger partial charge in [0, 0.05) is 25.5 Å². The van der Waals surface area contributed by atoms with Gasteiger partial charge in [-0.15, -0.1) is 0 Å². The molecule has 1 aromatic carbocycles. The van der Waals surface area contributed by atoms with Crippen molar-refractivity contribution in [2.75, 3.05) is 24.3 Å². The third-order valence-corrected chi connectivity index (χ3v) is 2.72. The highest BCUT2D eigenvalue weighted by Gasteiger charge is 2.08. The Morgan fingerprint density at radius 3 is 2.62 bits per heavy atom. The minimum absolute atomic E-state index is 0.0339. The van der Waals surface area contributed by atoms with Gasteiger partial charge in [0.25, 0.3) is 0 Å². The maximum absolute atomic E-state index is 5.89. The molecule has 2 rings (SSSR count). The van der Waals surface area contributed by atoms with Crippen LogP contribution in [0.15, 0.2) is 24.3 Å². The molecule has 0 unspecified atom stereocenters. The molecule has 0 aliphatic rings. The van der Waals surface area contributed by atoms with E-state index in [0.717, 1.165) is 11.4 Å². The predicted octanol–water partition coefficient (Wildman–Crippen LogP) is 3.12. The third kappa shape index (κ3) is 4.46. The first-order chi connectivity index (χ1) is 9.94. The van der Waals surface area contributed by atoms with Gasteiger partial charge in [-0.3, -0.25) is 0 Å². The highest BCUT2D eigenvalue weighted by Crippen LogP contribution is 2.21. The minimum atomic E-state index is -0.0339. The standard InChI is InChI=1S/C14H18ClN5O/c1-9(2)21-14-18-12(15)17-13(19-14)16-10-6-5-7-11(8-10)20(3)4/h5-9H,1-4H3,(H,16,17,18,19). The van der Waals surface area contributed by atoms with E-state index in [9.17, 15) is 0 Å². The van der Waals surface area contributed by atoms with Crippen molar-refractivity contribution in [2.24, 2.45) is 0 Å². The van der Waals surface area contributed by atoms with Gasteiger partial charge in [-0.1, -0.05) is 6.07 Å². The van der Waals surface area contributed by atoms with E-state index >= 15 is 0 Å². The smallest absolute Gasteiger partial charge is 0.322 e. The van der Waals surface area contributed by atoms with Gasteiger partial charge in [0.15, 0.2) is 0 Å². The SMILES string of the molecule is CC(C)Oc1nc(Cl)nc(Nc2cccc(N(C)C)c2)n1. The molecular formula is C14H18ClN5O. The first-order valence-corrected chi connectivity index (χ1v) is 6.94. The molecule has 0 saturated heterocycles. The van der Waals surface area contributed by atoms with Gasteiger partial charge in [0.2, 0.25) is 11.2 Å². The summed E-state index contributed by atoms with van der Waals surface area (Å²) in [5, 5.41) is 3.19. The lowest BCUT2D eigenvalue weighted by atomic mass is 10.2. The largest absolute Gasteiger partial charge is 0.461 e. The van der Waals surface area contributed by atoms with E-state index in [1.165, 1.54) is 0 Å². The quantitative estimate of drug-likeness (QED) is 0.915. The van der Waals surface area contributed by atoms with Crippen LogP contribution in [0.4, 0.5) is 17.3 Å². The first-order valence-electron chi connectivity index (χ1n) is 6.56. The molecule has 21 heavy (non-hydrogen) atoms. The van der Waals surface area contributed by atoms with Crippen molar-refractivity contribution < 1.29 is 4.74 Å². The highest BCUT2D eigenvalue weighted by atomic mass is 35.5. The Labute approximate surface area is 129 Å². The van der Waals surface area contributed by atoms with Crippen LogP contribution in [0.2, 0.25) is 5.28 Å². The normalized spacial score (nSPS) is 10.6. The monoisotopic (exact) mass is 307 g/mol. The second kappa shape index (κ2) is 6.58. The van der Waals surface area contributed by atoms with Crippen molar-refractivity contribution in [3.05, 3.63) is 29.5 Å². The zero-order valence-corrected chi connectivity index (χ0v) is 13.2. The third-order valence-electron chi connectivity index (χ3n) is 2.55. The molecule has 0 amide bonds. The van der Waals surface area contributed by atoms with Crippen LogP contribution in [0.25, 0.3) is 0 Å². The summed E-state index contributed by atoms with van der Waals surface area (Å²) in [7, 11) is 3.96. The van der Waals surface area contributed by atoms with Crippen molar-refractivity contribution in [1.29, 1.82) is 0 Å². The van der Waals surface area contributed by atoms with Gasteiger partial charge in [0.05, 0.1) is 6.10 Å². The van der Waals surface area contributed by atoms with Crippen molar-refractivity contribution in [3.8, 4) is 6.01 Å². The van der Waals surface area contributed by atoms with E-state index in [-0.39, 0.29) is 17.4 Å². The molecule has 2 aromatic rings. The zero-order valence-electron chi connectivity index (χ0n) is 12.5. The number of ether oxygens (including phenoxy) is 1. The van der Waals surface area contributed by atoms with Crippen LogP contribution >= 0.6 is 11.6 Å². The molecule has 0 atom stereocenters. The maximum atomic E-state index is 5.89. The number of rotatable bonds is 5. The van der Waals surface area contributed by atoms with E-state index in [1.807, 2.05) is 57.1 Å². The number of anilines is 3. The zero-order chi connectivity index (χ0) is 15.4. The Bertz CT molecular complexity index is 618. The molecule has 6 nitrogen and oxygen atoms in total. The summed E-state index contributed by atoms with van der Waals surface area (Å²) < 4.78 is 5.44. The van der Waals surface area contributed by atoms with Crippen LogP contribution < -0.4 is 15.0 Å². The summed E-state index contributed by atoms with van der Waals surface area (Å²) in [5.41, 5.74) is 1.93. The van der Waals surface area contributed by atoms with Gasteiger partial charge < -0.3 is 15.0 Å². The molecule has 0 aliphatic heterocycles. The summed E-state index contributed by atoms with van der Waals surface area (Å²) in [5.74, 6) is 0.349. The molecule has 7 heteroatoms. The molecule has 0 saturated carbocycles. The van der Waals surface area contributed by atoms with Gasteiger partial charge in [0.1, 0.15) is 0 Å². The van der Waals surface area contributed by atoms with Crippen LogP contribution in [0, 0.1) is 0 Å². The van der Waals surface area contributed by atoms with Crippen LogP contribution in [0.1, 0.15) is 13.8 Å². The van der Waals surface area contributed by atoms with Crippen LogP contribution in [-0.4, -0.2) is 35.2 Å². The molecular weight excluding hydrogens is 290 g/mol. The van der Waals surface area contributed by atoms with E-state index in [1.54, 1.807) is 0 Å². The Morgan fingerprint density at radius 2 is 1.95 bits per heavy atom. The van der Waals surface area contributed by atoms with Crippen molar-refractivity contribution >= 4 is 28.9 Å². The molecule has 1 N–H and O–H groups in total. The molecule has 0 spiro atoms. The number of halogens is 1. The second-order valence-corrected chi connectivity index (χ2v) is 5.29. The van der Waals surface area contributed by atoms with Gasteiger partial charge in [-0.2, -0.15) is 15.0 Å². The van der Waals surface area contributed by atoms with Gasteiger partial charge in [-0.25, -0.2) is 0 Å². The Morgan fingerprint density at radius 1 is 1.19 bits per heavy atom. The van der Waals surface area contributed by atoms with Crippen molar-refractivity contribution in [3.63, 3.8) is 0 Å². The summed E-state index contributed by atoms with van der Waals surface area (Å²) in [4.78, 5) is 14.2. The Balaban J connectivity index is 2.22. The molecule has 0 aliphatic carbocycles. The molecule has 112 valence electrons. The highest BCUT2D eigenvalue weighted by molar-refractivity contribution is 6.28. The number of nitrogens with one attached hydrogen (secondary N) is 1. The summed E-state index contributed by atoms with van der Waals surface area (Å²) in [6.45, 7) is 3.79. The predicted molar refractivity (Wildman–Crippen MR) is 84.7 cm³/mol. The summed E-state index contributed by atoms with van der Waals surface area (Å²) in [6, 6.07) is 8.08. The molecule has 0 radical (unpaired) electrons. The van der Waals surface area contributed by atoms with Crippen molar-refractivity contribution in [1.82, 2.24) is 15.0 Å². The first kappa shape index (κ1) is 15.3. The summed E-state index contributed by atoms with van der Waals surface area (Å²) >= 11 is 5.89. The fourth-order valence-corrected chi connectivity index (χ4v) is 1.79. The van der Waals surface area contributed by atoms with E-state index in [0.29, 0.717) is 5.95 Å². The topological polar surface area (TPSA) is 63.2 Å². The summed E-state index contributed by atoms with van der Waals surface area (Å²) in [6.07, 6.45) is -0.0339. The Hall–Kier alpha value is -2.08. The minimum Gasteiger partial charge on any atom is -0.461 e. The lowest BCUT2D eigenvalue weighted by Crippen LogP contribution is -2.11. The number of nitrogens with zero attached hydrogens (tertiary/aromatic N) is 4. The maximum Gasteiger partial charge on any atom is 0.322 e. The number of hydrogen-bond acceptors (Lipinski definition) is 6. The van der Waals surface area contributed by atoms with E-state index in [2.05, 4.69) is 20.3 Å². The fourth-order valence-electron chi connectivity index (χ4n) is 1.64. The lowest BCUT2D eigenvalue weighted by molar-refractivity contribution is 0.222. The number of benzene rings is 1. The van der Waals surface area contributed by atoms with Gasteiger partial charge >= 0.3 is 6.01 Å². The number of aromatic nitrogens is 3. The average molecular weight is 308 g/mol. The van der Waals surface area contributed by atoms with E-state index in [4.69, 9.17) is 16.3 Å². The molecule has 0 bridgehead atoms. The molecule has 1 aromatic heterocycles. The Kier molecular flexibility index (Phi) is 4.80. The number of hydrogen-bond donors (Lipinski definition) is 1. The molecule has 1 heterocycles. The van der Waals surface area contributed by atoms with Crippen LogP contribution in [-0.2, 0) is 0 Å². The van der Waals surface area contributed by atoms with Crippen molar-refractivity contribution in [2.45, 2.75) is 20.0 Å². The van der Waals surface area contributed by atoms with Gasteiger partial charge in [-0.05, 0) is 43.6 Å². The lowest BCUT2D eigenvalue weighted by Gasteiger charge is -2.14. The van der Waals surface area contributed by atoms with Crippen LogP contribution in [0.5, 0.6) is 6.01 Å². The molecule has 0 fully saturated rings. The van der Waals surface area contributed by atoms with Crippen LogP contribution in [0.3, 0.4) is 0 Å².